The van der Waals surface area contributed by atoms with Crippen molar-refractivity contribution in [3.05, 3.63) is 40.6 Å². The van der Waals surface area contributed by atoms with Crippen molar-refractivity contribution in [3.8, 4) is 40.1 Å². The Morgan fingerprint density at radius 3 is 2.02 bits per heavy atom. The van der Waals surface area contributed by atoms with Crippen LogP contribution in [0.4, 0.5) is 0 Å². The van der Waals surface area contributed by atoms with Gasteiger partial charge in [0.2, 0.25) is 23.8 Å². The van der Waals surface area contributed by atoms with Gasteiger partial charge in [-0.3, -0.25) is 4.79 Å². The molecule has 0 saturated carbocycles. The summed E-state index contributed by atoms with van der Waals surface area (Å²) in [6, 6.07) is 4.93. The number of phenols is 3. The average molecular weight is 905 g/mol. The van der Waals surface area contributed by atoms with Crippen LogP contribution < -0.4 is 14.9 Å². The number of rotatable bonds is 11. The molecule has 4 aliphatic heterocycles. The third-order valence-electron chi connectivity index (χ3n) is 11.1. The smallest absolute Gasteiger partial charge is 0.239 e. The van der Waals surface area contributed by atoms with E-state index in [2.05, 4.69) is 0 Å². The van der Waals surface area contributed by atoms with Crippen LogP contribution in [0.3, 0.4) is 0 Å². The molecule has 0 aliphatic carbocycles. The van der Waals surface area contributed by atoms with Crippen LogP contribution in [0.2, 0.25) is 0 Å². The van der Waals surface area contributed by atoms with Crippen LogP contribution in [0.1, 0.15) is 6.92 Å². The maximum Gasteiger partial charge on any atom is 0.239 e. The number of aliphatic hydroxyl groups is 12. The Labute approximate surface area is 353 Å². The number of fused-ring (bicyclic) bond motifs is 1. The number of hydrogen-bond acceptors (Lipinski definition) is 25. The highest BCUT2D eigenvalue weighted by atomic mass is 16.8. The monoisotopic (exact) mass is 904 g/mol. The van der Waals surface area contributed by atoms with Gasteiger partial charge in [0.25, 0.3) is 0 Å². The molecule has 0 spiro atoms. The lowest BCUT2D eigenvalue weighted by molar-refractivity contribution is -0.352. The SMILES string of the molecule is C[C@@H]1O[C@@H](OC[C@@H]2O[C@H](Oc3c(-c4ccc(O)c(O[C@@H]5O[C@H](CO)[C@@H](O)[C@H](O)[C@H]5O)c4)oc4cc(O)cc(O)c4c3=O)[C@@H](O[C@H]3OC[C@H](O)[C@@H](O)[C@@H]3O)[C@H](O)[C@H]2O)[C@H](O)[C@H](O)[C@H]1O. The van der Waals surface area contributed by atoms with Crippen LogP contribution in [-0.4, -0.2) is 213 Å². The molecule has 25 nitrogen and oxygen atoms in total. The first-order valence-electron chi connectivity index (χ1n) is 19.4. The molecule has 4 fully saturated rings. The van der Waals surface area contributed by atoms with E-state index in [-0.39, 0.29) is 5.56 Å². The zero-order valence-corrected chi connectivity index (χ0v) is 32.8. The molecule has 0 radical (unpaired) electrons. The van der Waals surface area contributed by atoms with Crippen molar-refractivity contribution in [2.24, 2.45) is 0 Å². The van der Waals surface area contributed by atoms with Crippen molar-refractivity contribution in [1.82, 2.24) is 0 Å². The number of aliphatic hydroxyl groups excluding tert-OH is 12. The predicted molar refractivity (Wildman–Crippen MR) is 200 cm³/mol. The third-order valence-corrected chi connectivity index (χ3v) is 11.1. The lowest BCUT2D eigenvalue weighted by Gasteiger charge is -2.45. The van der Waals surface area contributed by atoms with E-state index in [1.54, 1.807) is 0 Å². The Balaban J connectivity index is 1.28. The predicted octanol–water partition coefficient (Wildman–Crippen LogP) is -5.75. The summed E-state index contributed by atoms with van der Waals surface area (Å²) in [4.78, 5) is 14.4. The molecule has 1 aromatic heterocycles. The van der Waals surface area contributed by atoms with E-state index in [1.165, 1.54) is 6.92 Å². The molecule has 2 aromatic carbocycles. The molecular formula is C38H48O25. The summed E-state index contributed by atoms with van der Waals surface area (Å²) in [5.41, 5.74) is -1.83. The quantitative estimate of drug-likeness (QED) is 0.0852. The zero-order chi connectivity index (χ0) is 45.8. The van der Waals surface area contributed by atoms with Crippen molar-refractivity contribution in [2.45, 2.75) is 124 Å². The topological polar surface area (TPSA) is 408 Å². The van der Waals surface area contributed by atoms with Gasteiger partial charge in [-0.15, -0.1) is 0 Å². The van der Waals surface area contributed by atoms with E-state index in [0.29, 0.717) is 0 Å². The summed E-state index contributed by atoms with van der Waals surface area (Å²) in [5, 5.41) is 157. The van der Waals surface area contributed by atoms with E-state index in [4.69, 9.17) is 42.3 Å². The lowest BCUT2D eigenvalue weighted by atomic mass is 9.98. The van der Waals surface area contributed by atoms with Gasteiger partial charge in [-0.25, -0.2) is 0 Å². The Hall–Kier alpha value is -4.07. The Morgan fingerprint density at radius 1 is 0.651 bits per heavy atom. The largest absolute Gasteiger partial charge is 0.508 e. The minimum Gasteiger partial charge on any atom is -0.508 e. The van der Waals surface area contributed by atoms with Gasteiger partial charge >= 0.3 is 0 Å². The van der Waals surface area contributed by atoms with Crippen molar-refractivity contribution in [2.75, 3.05) is 19.8 Å². The molecule has 25 heteroatoms. The first kappa shape index (κ1) is 46.9. The minimum absolute atomic E-state index is 0.209. The van der Waals surface area contributed by atoms with E-state index >= 15 is 0 Å². The standard InChI is InChI=1S/C38H48O25/c1-10-21(44)26(49)30(53)35(57-10)56-9-19-24(47)28(51)34(63-36-29(52)22(45)15(43)8-55-36)38(61-19)62-33-25(48)20-14(42)5-12(40)6-17(20)58-32(33)11-2-3-13(41)16(4-11)59-37-31(54)27(50)23(46)18(7-39)60-37/h2-6,10,15,18-19,21-24,26-31,34-47,49-54H,7-9H2,1H3/t10-,15-,18+,19-,21-,22+,23+,24-,26+,27-,28+,29-,30+,31+,34-,35+,36+,37+,38+/m0/s1. The summed E-state index contributed by atoms with van der Waals surface area (Å²) < 4.78 is 51.2. The molecule has 350 valence electrons. The highest BCUT2D eigenvalue weighted by Gasteiger charge is 2.52. The summed E-state index contributed by atoms with van der Waals surface area (Å²) in [5.74, 6) is -3.97. The highest BCUT2D eigenvalue weighted by Crippen LogP contribution is 2.41. The minimum atomic E-state index is -2.12. The van der Waals surface area contributed by atoms with Gasteiger partial charge < -0.3 is 119 Å². The van der Waals surface area contributed by atoms with Gasteiger partial charge in [-0.2, -0.15) is 0 Å². The molecule has 0 unspecified atom stereocenters. The van der Waals surface area contributed by atoms with Crippen LogP contribution in [0.15, 0.2) is 39.5 Å². The normalized spacial score (nSPS) is 39.9. The number of benzene rings is 2. The van der Waals surface area contributed by atoms with Crippen LogP contribution in [0, 0.1) is 0 Å². The molecular weight excluding hydrogens is 856 g/mol. The van der Waals surface area contributed by atoms with E-state index in [9.17, 15) is 81.4 Å². The number of aromatic hydroxyl groups is 3. The highest BCUT2D eigenvalue weighted by molar-refractivity contribution is 5.88. The maximum atomic E-state index is 14.4. The molecule has 63 heavy (non-hydrogen) atoms. The van der Waals surface area contributed by atoms with E-state index < -0.39 is 187 Å². The number of ether oxygens (including phenoxy) is 8. The summed E-state index contributed by atoms with van der Waals surface area (Å²) >= 11 is 0. The number of phenolic OH excluding ortho intramolecular Hbond substituents is 3. The zero-order valence-electron chi connectivity index (χ0n) is 32.8. The molecule has 4 saturated heterocycles. The van der Waals surface area contributed by atoms with Crippen LogP contribution >= 0.6 is 0 Å². The van der Waals surface area contributed by atoms with E-state index in [1.807, 2.05) is 0 Å². The first-order valence-corrected chi connectivity index (χ1v) is 19.4. The second-order valence-electron chi connectivity index (χ2n) is 15.4. The molecule has 7 rings (SSSR count). The van der Waals surface area contributed by atoms with Gasteiger partial charge in [0, 0.05) is 17.7 Å². The Morgan fingerprint density at radius 2 is 1.30 bits per heavy atom. The Bertz CT molecular complexity index is 2120. The van der Waals surface area contributed by atoms with Crippen molar-refractivity contribution in [3.63, 3.8) is 0 Å². The van der Waals surface area contributed by atoms with Gasteiger partial charge in [0.05, 0.1) is 25.9 Å². The van der Waals surface area contributed by atoms with Gasteiger partial charge in [-0.1, -0.05) is 0 Å². The molecule has 3 aromatic rings. The third kappa shape index (κ3) is 9.12. The molecule has 19 atom stereocenters. The van der Waals surface area contributed by atoms with Crippen molar-refractivity contribution >= 4 is 11.0 Å². The summed E-state index contributed by atoms with van der Waals surface area (Å²) in [7, 11) is 0. The summed E-state index contributed by atoms with van der Waals surface area (Å²) in [6.07, 6.45) is -33.6. The molecule has 4 aliphatic rings. The van der Waals surface area contributed by atoms with Crippen LogP contribution in [-0.2, 0) is 28.4 Å². The molecule has 0 amide bonds. The van der Waals surface area contributed by atoms with Crippen LogP contribution in [0.25, 0.3) is 22.3 Å². The molecule has 15 N–H and O–H groups in total. The van der Waals surface area contributed by atoms with Gasteiger partial charge in [0.1, 0.15) is 102 Å². The maximum absolute atomic E-state index is 14.4. The summed E-state index contributed by atoms with van der Waals surface area (Å²) in [6.45, 7) is -0.785. The van der Waals surface area contributed by atoms with Crippen molar-refractivity contribution in [1.29, 1.82) is 0 Å². The van der Waals surface area contributed by atoms with Crippen LogP contribution in [0.5, 0.6) is 28.7 Å². The van der Waals surface area contributed by atoms with Gasteiger partial charge in [-0.05, 0) is 25.1 Å². The fourth-order valence-corrected chi connectivity index (χ4v) is 7.40. The second kappa shape index (κ2) is 18.8. The molecule has 0 bridgehead atoms. The fourth-order valence-electron chi connectivity index (χ4n) is 7.40. The van der Waals surface area contributed by atoms with Gasteiger partial charge in [0.15, 0.2) is 35.9 Å². The number of hydrogen-bond donors (Lipinski definition) is 15. The van der Waals surface area contributed by atoms with Crippen molar-refractivity contribution < 1.29 is 119 Å². The Kier molecular flexibility index (Phi) is 14.0. The van der Waals surface area contributed by atoms with E-state index in [0.717, 1.165) is 30.3 Å². The molecule has 5 heterocycles. The first-order chi connectivity index (χ1) is 29.8. The average Bonchev–Trinajstić information content (AvgIpc) is 3.25. The second-order valence-corrected chi connectivity index (χ2v) is 15.4. The lowest BCUT2D eigenvalue weighted by Crippen LogP contribution is -2.64. The fraction of sp³-hybridized carbons (Fsp3) is 0.605.